The first kappa shape index (κ1) is 29.2. The minimum absolute atomic E-state index is 0.293. The van der Waals surface area contributed by atoms with Gasteiger partial charge in [-0.1, -0.05) is 101 Å². The number of unbranched alkanes of at least 4 members (excludes halogenated alkanes) is 2. The fraction of sp³-hybridized carbons (Fsp3) is 0.533. The number of rotatable bonds is 16. The highest BCUT2D eigenvalue weighted by atomic mass is 16.6. The maximum atomic E-state index is 12.8. The molecule has 0 bridgehead atoms. The van der Waals surface area contributed by atoms with Crippen LogP contribution in [-0.4, -0.2) is 11.9 Å². The van der Waals surface area contributed by atoms with Gasteiger partial charge in [-0.05, 0) is 25.7 Å². The van der Waals surface area contributed by atoms with Crippen LogP contribution in [-0.2, 0) is 30.5 Å². The lowest BCUT2D eigenvalue weighted by Gasteiger charge is -2.33. The summed E-state index contributed by atoms with van der Waals surface area (Å²) in [4.78, 5) is 25.6. The first-order valence-corrected chi connectivity index (χ1v) is 13.4. The maximum Gasteiger partial charge on any atom is 0.308 e. The minimum atomic E-state index is -1.30. The zero-order valence-corrected chi connectivity index (χ0v) is 22.4. The third-order valence-electron chi connectivity index (χ3n) is 6.03. The van der Waals surface area contributed by atoms with Crippen molar-refractivity contribution in [3.63, 3.8) is 0 Å². The van der Waals surface area contributed by atoms with E-state index >= 15 is 0 Å². The molecule has 2 aromatic carbocycles. The molecule has 0 radical (unpaired) electrons. The Labute approximate surface area is 216 Å². The number of esters is 2. The van der Waals surface area contributed by atoms with E-state index in [-0.39, 0.29) is 11.9 Å². The van der Waals surface area contributed by atoms with Crippen LogP contribution < -0.4 is 0 Å². The van der Waals surface area contributed by atoms with E-state index in [9.17, 15) is 9.59 Å². The Hall–Kier alpha value is -3.02. The Morgan fingerprint density at radius 1 is 0.611 bits per heavy atom. The van der Waals surface area contributed by atoms with Crippen molar-refractivity contribution in [2.24, 2.45) is 10.2 Å². The Balaban J connectivity index is 2.70. The summed E-state index contributed by atoms with van der Waals surface area (Å²) in [6, 6.07) is 19.1. The van der Waals surface area contributed by atoms with Crippen LogP contribution in [0.5, 0.6) is 0 Å². The van der Waals surface area contributed by atoms with Crippen molar-refractivity contribution in [1.29, 1.82) is 0 Å². The molecule has 0 N–H and O–H groups in total. The molecule has 2 rings (SSSR count). The van der Waals surface area contributed by atoms with Crippen molar-refractivity contribution in [3.8, 4) is 0 Å². The van der Waals surface area contributed by atoms with Crippen molar-refractivity contribution >= 4 is 11.9 Å². The van der Waals surface area contributed by atoms with E-state index in [4.69, 9.17) is 19.7 Å². The molecule has 2 aromatic rings. The van der Waals surface area contributed by atoms with Crippen molar-refractivity contribution in [2.45, 2.75) is 103 Å². The van der Waals surface area contributed by atoms with Crippen molar-refractivity contribution in [2.75, 3.05) is 0 Å². The molecule has 6 heteroatoms. The molecule has 0 aliphatic carbocycles. The van der Waals surface area contributed by atoms with E-state index in [1.807, 2.05) is 74.5 Å². The zero-order valence-electron chi connectivity index (χ0n) is 22.4. The van der Waals surface area contributed by atoms with Crippen LogP contribution in [0.4, 0.5) is 0 Å². The number of carbonyl (C=O) groups is 2. The van der Waals surface area contributed by atoms with Gasteiger partial charge in [0.2, 0.25) is 11.4 Å². The first-order chi connectivity index (χ1) is 17.4. The molecule has 0 aliphatic heterocycles. The summed E-state index contributed by atoms with van der Waals surface area (Å²) in [5, 5.41) is 9.61. The van der Waals surface area contributed by atoms with Crippen molar-refractivity contribution in [3.05, 3.63) is 71.8 Å². The molecule has 0 fully saturated rings. The summed E-state index contributed by atoms with van der Waals surface area (Å²) < 4.78 is 12.2. The molecule has 6 nitrogen and oxygen atoms in total. The fourth-order valence-corrected chi connectivity index (χ4v) is 4.04. The molecule has 2 unspecified atom stereocenters. The van der Waals surface area contributed by atoms with Gasteiger partial charge in [0.15, 0.2) is 0 Å². The normalized spacial score (nSPS) is 14.7. The predicted octanol–water partition coefficient (Wildman–Crippen LogP) is 8.21. The molecule has 0 aliphatic rings. The van der Waals surface area contributed by atoms with Gasteiger partial charge in [-0.3, -0.25) is 9.59 Å². The Bertz CT molecular complexity index is 870. The molecule has 0 saturated carbocycles. The lowest BCUT2D eigenvalue weighted by atomic mass is 9.96. The van der Waals surface area contributed by atoms with Crippen LogP contribution in [0.1, 0.15) is 103 Å². The van der Waals surface area contributed by atoms with Gasteiger partial charge in [-0.2, -0.15) is 0 Å². The Morgan fingerprint density at radius 2 is 0.972 bits per heavy atom. The number of nitrogens with zero attached hydrogens (tertiary/aromatic N) is 2. The smallest absolute Gasteiger partial charge is 0.308 e. The third kappa shape index (κ3) is 8.28. The summed E-state index contributed by atoms with van der Waals surface area (Å²) in [5.74, 6) is -0.642. The summed E-state index contributed by atoms with van der Waals surface area (Å²) >= 11 is 0. The van der Waals surface area contributed by atoms with E-state index in [0.29, 0.717) is 38.5 Å². The van der Waals surface area contributed by atoms with Gasteiger partial charge >= 0.3 is 11.9 Å². The number of benzene rings is 2. The standard InChI is InChI=1S/C30H42N2O4/c1-5-9-23-29(35-27(33)17-7-3,25-19-13-11-14-20-25)31-32-30(24-10-6-2,36-28(34)18-8-4)26-21-15-12-16-22-26/h11-16,19-22H,5-10,17-18,23-24H2,1-4H3/b32-31+. The molecule has 0 saturated heterocycles. The van der Waals surface area contributed by atoms with Crippen LogP contribution in [0.3, 0.4) is 0 Å². The number of carbonyl (C=O) groups excluding carboxylic acids is 2. The zero-order chi connectivity index (χ0) is 26.3. The molecule has 0 aromatic heterocycles. The summed E-state index contributed by atoms with van der Waals surface area (Å²) in [7, 11) is 0. The molecule has 2 atom stereocenters. The van der Waals surface area contributed by atoms with Crippen LogP contribution in [0.15, 0.2) is 70.9 Å². The number of azo groups is 1. The van der Waals surface area contributed by atoms with Crippen LogP contribution in [0.2, 0.25) is 0 Å². The average molecular weight is 495 g/mol. The highest BCUT2D eigenvalue weighted by Gasteiger charge is 2.41. The second-order valence-electron chi connectivity index (χ2n) is 9.16. The lowest BCUT2D eigenvalue weighted by Crippen LogP contribution is -2.34. The molecule has 0 spiro atoms. The number of hydrogen-bond acceptors (Lipinski definition) is 6. The van der Waals surface area contributed by atoms with Crippen LogP contribution in [0, 0.1) is 0 Å². The molecule has 0 amide bonds. The van der Waals surface area contributed by atoms with Gasteiger partial charge in [-0.15, -0.1) is 10.2 Å². The van der Waals surface area contributed by atoms with E-state index < -0.39 is 11.4 Å². The van der Waals surface area contributed by atoms with E-state index in [0.717, 1.165) is 36.8 Å². The van der Waals surface area contributed by atoms with E-state index in [2.05, 4.69) is 13.8 Å². The topological polar surface area (TPSA) is 77.3 Å². The van der Waals surface area contributed by atoms with Crippen LogP contribution in [0.25, 0.3) is 0 Å². The van der Waals surface area contributed by atoms with Crippen LogP contribution >= 0.6 is 0 Å². The minimum Gasteiger partial charge on any atom is -0.431 e. The van der Waals surface area contributed by atoms with E-state index in [1.165, 1.54) is 0 Å². The Morgan fingerprint density at radius 3 is 1.28 bits per heavy atom. The largest absolute Gasteiger partial charge is 0.431 e. The van der Waals surface area contributed by atoms with Gasteiger partial charge in [0, 0.05) is 36.8 Å². The quantitative estimate of drug-likeness (QED) is 0.174. The fourth-order valence-electron chi connectivity index (χ4n) is 4.04. The molecule has 36 heavy (non-hydrogen) atoms. The molecular formula is C30H42N2O4. The van der Waals surface area contributed by atoms with Gasteiger partial charge < -0.3 is 9.47 Å². The highest BCUT2D eigenvalue weighted by Crippen LogP contribution is 2.40. The maximum absolute atomic E-state index is 12.8. The van der Waals surface area contributed by atoms with Gasteiger partial charge in [0.05, 0.1) is 0 Å². The summed E-state index contributed by atoms with van der Waals surface area (Å²) in [6.45, 7) is 8.06. The second-order valence-corrected chi connectivity index (χ2v) is 9.16. The van der Waals surface area contributed by atoms with E-state index in [1.54, 1.807) is 0 Å². The summed E-state index contributed by atoms with van der Waals surface area (Å²) in [6.07, 6.45) is 6.28. The van der Waals surface area contributed by atoms with Crippen molar-refractivity contribution in [1.82, 2.24) is 0 Å². The molecule has 196 valence electrons. The number of hydrogen-bond donors (Lipinski definition) is 0. The van der Waals surface area contributed by atoms with Crippen molar-refractivity contribution < 1.29 is 19.1 Å². The first-order valence-electron chi connectivity index (χ1n) is 13.4. The monoisotopic (exact) mass is 494 g/mol. The molecule has 0 heterocycles. The Kier molecular flexibility index (Phi) is 12.3. The number of ether oxygens (including phenoxy) is 2. The average Bonchev–Trinajstić information content (AvgIpc) is 2.90. The highest BCUT2D eigenvalue weighted by molar-refractivity contribution is 5.70. The summed E-state index contributed by atoms with van der Waals surface area (Å²) in [5.41, 5.74) is -1.09. The molecular weight excluding hydrogens is 452 g/mol. The van der Waals surface area contributed by atoms with Gasteiger partial charge in [-0.25, -0.2) is 0 Å². The second kappa shape index (κ2) is 15.2. The predicted molar refractivity (Wildman–Crippen MR) is 142 cm³/mol. The SMILES string of the molecule is CCCCC(/N=N/C(CCCC)(OC(=O)CCC)c1ccccc1)(OC(=O)CCC)c1ccccc1. The third-order valence-corrected chi connectivity index (χ3v) is 6.03. The van der Waals surface area contributed by atoms with Gasteiger partial charge in [0.1, 0.15) is 0 Å². The lowest BCUT2D eigenvalue weighted by molar-refractivity contribution is -0.169. The van der Waals surface area contributed by atoms with Gasteiger partial charge in [0.25, 0.3) is 0 Å².